The van der Waals surface area contributed by atoms with Crippen LogP contribution in [-0.2, 0) is 19.4 Å². The van der Waals surface area contributed by atoms with Crippen molar-refractivity contribution in [1.29, 1.82) is 0 Å². The largest absolute Gasteiger partial charge is 0.494 e. The number of aliphatic hydroxyl groups is 1. The van der Waals surface area contributed by atoms with E-state index in [9.17, 15) is 13.2 Å². The highest BCUT2D eigenvalue weighted by molar-refractivity contribution is 7.91. The molecule has 10 heteroatoms. The van der Waals surface area contributed by atoms with Crippen molar-refractivity contribution in [2.45, 2.75) is 36.3 Å². The summed E-state index contributed by atoms with van der Waals surface area (Å²) in [5, 5.41) is 8.84. The van der Waals surface area contributed by atoms with Gasteiger partial charge < -0.3 is 14.6 Å². The first kappa shape index (κ1) is 23.7. The van der Waals surface area contributed by atoms with Crippen LogP contribution >= 0.6 is 0 Å². The minimum Gasteiger partial charge on any atom is -0.494 e. The number of hydrogen-bond acceptors (Lipinski definition) is 8. The van der Waals surface area contributed by atoms with Gasteiger partial charge in [0.25, 0.3) is 5.91 Å². The molecule has 2 aromatic rings. The number of aliphatic imine (C=N–C) groups is 1. The number of nitrogens with one attached hydrogen (secondary N) is 1. The number of benzene rings is 2. The van der Waals surface area contributed by atoms with Crippen LogP contribution in [0.15, 0.2) is 64.5 Å². The van der Waals surface area contributed by atoms with Crippen molar-refractivity contribution in [3.63, 3.8) is 0 Å². The molecule has 9 nitrogen and oxygen atoms in total. The number of ether oxygens (including phenoxy) is 2. The minimum atomic E-state index is -3.63. The second-order valence-corrected chi connectivity index (χ2v) is 9.52. The Hall–Kier alpha value is -2.95. The summed E-state index contributed by atoms with van der Waals surface area (Å²) in [6.07, 6.45) is -0.301. The van der Waals surface area contributed by atoms with Crippen LogP contribution in [0, 0.1) is 0 Å². The summed E-state index contributed by atoms with van der Waals surface area (Å²) >= 11 is 0. The fourth-order valence-electron chi connectivity index (χ4n) is 3.41. The lowest BCUT2D eigenvalue weighted by Gasteiger charge is -2.27. The average molecular weight is 462 g/mol. The number of hydrazine groups is 1. The van der Waals surface area contributed by atoms with Crippen LogP contribution < -0.4 is 16.0 Å². The first-order chi connectivity index (χ1) is 15.3. The van der Waals surface area contributed by atoms with Gasteiger partial charge in [0.05, 0.1) is 17.3 Å². The summed E-state index contributed by atoms with van der Waals surface area (Å²) in [6.45, 7) is 2.10. The van der Waals surface area contributed by atoms with E-state index in [1.54, 1.807) is 49.4 Å². The summed E-state index contributed by atoms with van der Waals surface area (Å²) in [6, 6.07) is 15.0. The van der Waals surface area contributed by atoms with Gasteiger partial charge in [0.15, 0.2) is 15.4 Å². The van der Waals surface area contributed by atoms with Gasteiger partial charge in [-0.1, -0.05) is 18.2 Å². The molecule has 2 atom stereocenters. The van der Waals surface area contributed by atoms with Gasteiger partial charge in [-0.2, -0.15) is 0 Å². The zero-order chi connectivity index (χ0) is 23.2. The second-order valence-electron chi connectivity index (χ2n) is 7.41. The number of nitrogens with zero attached hydrogens (tertiary/aromatic N) is 1. The standard InChI is InChI=1S/C22H27N3O6S/c1-16-22(21(27)25-23,12-15-32(28,29)19-6-3-2-4-7-19)24-20(31-16)17-8-10-18(11-9-17)30-14-5-13-26/h2-4,6-11,16,26H,5,12-15,23H2,1H3,(H,25,27)/t16-,22-/m0/s1. The van der Waals surface area contributed by atoms with E-state index < -0.39 is 27.4 Å². The van der Waals surface area contributed by atoms with Crippen molar-refractivity contribution in [2.24, 2.45) is 10.8 Å². The van der Waals surface area contributed by atoms with Gasteiger partial charge in [-0.15, -0.1) is 0 Å². The lowest BCUT2D eigenvalue weighted by molar-refractivity contribution is -0.128. The maximum Gasteiger partial charge on any atom is 0.265 e. The zero-order valence-electron chi connectivity index (χ0n) is 17.7. The number of amides is 1. The van der Waals surface area contributed by atoms with Crippen LogP contribution in [0.1, 0.15) is 25.3 Å². The molecule has 1 aliphatic rings. The Kier molecular flexibility index (Phi) is 7.49. The van der Waals surface area contributed by atoms with E-state index in [-0.39, 0.29) is 29.6 Å². The molecule has 0 spiro atoms. The molecular formula is C22H27N3O6S. The van der Waals surface area contributed by atoms with Crippen molar-refractivity contribution < 1.29 is 27.8 Å². The Morgan fingerprint density at radius 3 is 2.53 bits per heavy atom. The number of nitrogens with two attached hydrogens (primary N) is 1. The lowest BCUT2D eigenvalue weighted by atomic mass is 9.90. The number of aliphatic hydroxyl groups excluding tert-OH is 1. The minimum absolute atomic E-state index is 0.0475. The fraction of sp³-hybridized carbons (Fsp3) is 0.364. The lowest BCUT2D eigenvalue weighted by Crippen LogP contribution is -2.53. The van der Waals surface area contributed by atoms with E-state index >= 15 is 0 Å². The van der Waals surface area contributed by atoms with Gasteiger partial charge in [0, 0.05) is 18.6 Å². The number of carbonyl (C=O) groups is 1. The van der Waals surface area contributed by atoms with Gasteiger partial charge in [-0.05, 0) is 49.7 Å². The molecule has 0 aliphatic carbocycles. The number of rotatable bonds is 10. The van der Waals surface area contributed by atoms with E-state index in [4.69, 9.17) is 20.4 Å². The van der Waals surface area contributed by atoms with Crippen LogP contribution in [0.5, 0.6) is 5.75 Å². The van der Waals surface area contributed by atoms with E-state index in [2.05, 4.69) is 10.4 Å². The van der Waals surface area contributed by atoms with Crippen molar-refractivity contribution in [1.82, 2.24) is 5.43 Å². The molecule has 0 bridgehead atoms. The highest BCUT2D eigenvalue weighted by Gasteiger charge is 2.50. The van der Waals surface area contributed by atoms with Gasteiger partial charge in [0.2, 0.25) is 5.90 Å². The molecule has 172 valence electrons. The first-order valence-electron chi connectivity index (χ1n) is 10.2. The molecule has 1 heterocycles. The molecule has 1 aliphatic heterocycles. The maximum atomic E-state index is 12.8. The second kappa shape index (κ2) is 10.1. The van der Waals surface area contributed by atoms with Gasteiger partial charge in [0.1, 0.15) is 11.9 Å². The van der Waals surface area contributed by atoms with Crippen molar-refractivity contribution in [3.05, 3.63) is 60.2 Å². The monoisotopic (exact) mass is 461 g/mol. The molecule has 0 aromatic heterocycles. The highest BCUT2D eigenvalue weighted by Crippen LogP contribution is 2.33. The van der Waals surface area contributed by atoms with E-state index in [1.165, 1.54) is 12.1 Å². The molecule has 2 aromatic carbocycles. The summed E-state index contributed by atoms with van der Waals surface area (Å²) in [5.74, 6) is 5.33. The molecular weight excluding hydrogens is 434 g/mol. The molecule has 1 amide bonds. The van der Waals surface area contributed by atoms with Crippen LogP contribution in [0.3, 0.4) is 0 Å². The summed E-state index contributed by atoms with van der Waals surface area (Å²) in [4.78, 5) is 17.4. The highest BCUT2D eigenvalue weighted by atomic mass is 32.2. The maximum absolute atomic E-state index is 12.8. The quantitative estimate of drug-likeness (QED) is 0.209. The van der Waals surface area contributed by atoms with E-state index in [1.807, 2.05) is 0 Å². The topological polar surface area (TPSA) is 140 Å². The number of hydrogen-bond donors (Lipinski definition) is 3. The predicted octanol–water partition coefficient (Wildman–Crippen LogP) is 1.21. The Morgan fingerprint density at radius 1 is 1.22 bits per heavy atom. The Balaban J connectivity index is 1.83. The summed E-state index contributed by atoms with van der Waals surface area (Å²) in [7, 11) is -3.63. The predicted molar refractivity (Wildman–Crippen MR) is 119 cm³/mol. The number of sulfone groups is 1. The average Bonchev–Trinajstić information content (AvgIpc) is 3.16. The molecule has 0 fully saturated rings. The fourth-order valence-corrected chi connectivity index (χ4v) is 4.80. The Labute approximate surface area is 187 Å². The van der Waals surface area contributed by atoms with E-state index in [0.29, 0.717) is 24.3 Å². The van der Waals surface area contributed by atoms with E-state index in [0.717, 1.165) is 0 Å². The van der Waals surface area contributed by atoms with Crippen molar-refractivity contribution in [2.75, 3.05) is 19.0 Å². The molecule has 0 unspecified atom stereocenters. The number of carbonyl (C=O) groups excluding carboxylic acids is 1. The van der Waals surface area contributed by atoms with Crippen LogP contribution in [0.25, 0.3) is 0 Å². The Bertz CT molecular complexity index is 1060. The summed E-state index contributed by atoms with van der Waals surface area (Å²) in [5.41, 5.74) is 1.23. The van der Waals surface area contributed by atoms with Crippen molar-refractivity contribution in [3.8, 4) is 5.75 Å². The molecule has 3 rings (SSSR count). The van der Waals surface area contributed by atoms with Gasteiger partial charge in [-0.3, -0.25) is 10.2 Å². The van der Waals surface area contributed by atoms with Crippen LogP contribution in [0.2, 0.25) is 0 Å². The normalized spacial score (nSPS) is 20.3. The molecule has 0 radical (unpaired) electrons. The Morgan fingerprint density at radius 2 is 1.91 bits per heavy atom. The molecule has 0 saturated heterocycles. The molecule has 4 N–H and O–H groups in total. The van der Waals surface area contributed by atoms with Crippen LogP contribution in [-0.4, -0.2) is 55.9 Å². The third kappa shape index (κ3) is 5.09. The third-order valence-corrected chi connectivity index (χ3v) is 7.04. The zero-order valence-corrected chi connectivity index (χ0v) is 18.5. The van der Waals surface area contributed by atoms with Gasteiger partial charge in [-0.25, -0.2) is 19.3 Å². The van der Waals surface area contributed by atoms with Crippen LogP contribution in [0.4, 0.5) is 0 Å². The van der Waals surface area contributed by atoms with Gasteiger partial charge >= 0.3 is 0 Å². The summed E-state index contributed by atoms with van der Waals surface area (Å²) < 4.78 is 36.9. The first-order valence-corrected chi connectivity index (χ1v) is 11.9. The third-order valence-electron chi connectivity index (χ3n) is 5.31. The van der Waals surface area contributed by atoms with Crippen molar-refractivity contribution >= 4 is 21.6 Å². The SMILES string of the molecule is C[C@@H]1OC(c2ccc(OCCCO)cc2)=N[C@]1(CCS(=O)(=O)c1ccccc1)C(=O)NN. The molecule has 0 saturated carbocycles. The smallest absolute Gasteiger partial charge is 0.265 e. The molecule has 32 heavy (non-hydrogen) atoms.